The molecule has 194 valence electrons. The van der Waals surface area contributed by atoms with Gasteiger partial charge in [-0.25, -0.2) is 0 Å². The average molecular weight is 501 g/mol. The summed E-state index contributed by atoms with van der Waals surface area (Å²) in [6.45, 7) is 2.06. The summed E-state index contributed by atoms with van der Waals surface area (Å²) in [5.74, 6) is 1.59. The van der Waals surface area contributed by atoms with Crippen LogP contribution in [0.15, 0.2) is 72.8 Å². The number of hydrogen-bond acceptors (Lipinski definition) is 5. The van der Waals surface area contributed by atoms with Gasteiger partial charge in [-0.05, 0) is 67.5 Å². The Kier molecular flexibility index (Phi) is 7.95. The van der Waals surface area contributed by atoms with E-state index in [1.807, 2.05) is 53.4 Å². The van der Waals surface area contributed by atoms with Gasteiger partial charge in [-0.15, -0.1) is 0 Å². The van der Waals surface area contributed by atoms with Gasteiger partial charge in [0.25, 0.3) is 5.91 Å². The van der Waals surface area contributed by atoms with Crippen molar-refractivity contribution in [3.63, 3.8) is 0 Å². The van der Waals surface area contributed by atoms with E-state index in [2.05, 4.69) is 29.2 Å². The second-order valence-electron chi connectivity index (χ2n) is 10.0. The molecule has 1 N–H and O–H groups in total. The first-order valence-corrected chi connectivity index (χ1v) is 13.3. The van der Waals surface area contributed by atoms with Gasteiger partial charge >= 0.3 is 0 Å². The molecule has 2 aliphatic rings. The normalized spacial score (nSPS) is 18.2. The van der Waals surface area contributed by atoms with Gasteiger partial charge < -0.3 is 24.4 Å². The molecule has 6 heteroatoms. The number of piperazine rings is 1. The van der Waals surface area contributed by atoms with Gasteiger partial charge in [0, 0.05) is 37.0 Å². The third-order valence-corrected chi connectivity index (χ3v) is 7.55. The van der Waals surface area contributed by atoms with E-state index in [1.54, 1.807) is 7.11 Å². The number of amides is 1. The van der Waals surface area contributed by atoms with Gasteiger partial charge in [0.1, 0.15) is 0 Å². The van der Waals surface area contributed by atoms with Gasteiger partial charge in [0.15, 0.2) is 11.5 Å². The standard InChI is InChI=1S/C31H36N2O4/c1-36-29-16-15-26(20-30(29)37-28-9-5-6-10-28)32-17-18-33(27(21-32)19-23-7-3-2-4-8-23)31(35)25-13-11-24(22-34)12-14-25/h2-4,7-8,11-16,20,27-28,34H,5-6,9-10,17-19,21-22H2,1H3/t27-/m0/s1. The molecule has 3 aromatic carbocycles. The number of rotatable bonds is 8. The Labute approximate surface area is 219 Å². The number of carbonyl (C=O) groups excluding carboxylic acids is 1. The van der Waals surface area contributed by atoms with Crippen LogP contribution in [0.5, 0.6) is 11.5 Å². The number of benzene rings is 3. The van der Waals surface area contributed by atoms with E-state index in [9.17, 15) is 9.90 Å². The maximum atomic E-state index is 13.6. The maximum Gasteiger partial charge on any atom is 0.254 e. The van der Waals surface area contributed by atoms with E-state index in [-0.39, 0.29) is 24.7 Å². The number of hydrogen-bond donors (Lipinski definition) is 1. The number of anilines is 1. The third kappa shape index (κ3) is 5.91. The van der Waals surface area contributed by atoms with Crippen LogP contribution in [-0.2, 0) is 13.0 Å². The molecule has 37 heavy (non-hydrogen) atoms. The minimum Gasteiger partial charge on any atom is -0.493 e. The van der Waals surface area contributed by atoms with Crippen molar-refractivity contribution in [1.82, 2.24) is 4.90 Å². The fourth-order valence-corrected chi connectivity index (χ4v) is 5.48. The van der Waals surface area contributed by atoms with Crippen molar-refractivity contribution in [2.45, 2.75) is 50.9 Å². The number of nitrogens with zero attached hydrogens (tertiary/aromatic N) is 2. The molecule has 0 aromatic heterocycles. The molecular weight excluding hydrogens is 464 g/mol. The van der Waals surface area contributed by atoms with Gasteiger partial charge in [-0.3, -0.25) is 4.79 Å². The summed E-state index contributed by atoms with van der Waals surface area (Å²) in [5, 5.41) is 9.37. The molecule has 3 aromatic rings. The first kappa shape index (κ1) is 25.2. The highest BCUT2D eigenvalue weighted by Crippen LogP contribution is 2.36. The second-order valence-corrected chi connectivity index (χ2v) is 10.0. The minimum absolute atomic E-state index is 0.0162. The van der Waals surface area contributed by atoms with Crippen LogP contribution in [0.3, 0.4) is 0 Å². The van der Waals surface area contributed by atoms with Crippen molar-refractivity contribution in [3.8, 4) is 11.5 Å². The lowest BCUT2D eigenvalue weighted by Crippen LogP contribution is -2.56. The van der Waals surface area contributed by atoms with Crippen molar-refractivity contribution in [2.75, 3.05) is 31.6 Å². The molecule has 0 spiro atoms. The van der Waals surface area contributed by atoms with E-state index >= 15 is 0 Å². The molecular formula is C31H36N2O4. The van der Waals surface area contributed by atoms with Crippen LogP contribution in [0.1, 0.15) is 47.2 Å². The molecule has 1 amide bonds. The Morgan fingerprint density at radius 1 is 0.919 bits per heavy atom. The Hall–Kier alpha value is -3.51. The third-order valence-electron chi connectivity index (χ3n) is 7.55. The predicted octanol–water partition coefficient (Wildman–Crippen LogP) is 5.08. The highest BCUT2D eigenvalue weighted by Gasteiger charge is 2.32. The first-order chi connectivity index (χ1) is 18.1. The maximum absolute atomic E-state index is 13.6. The van der Waals surface area contributed by atoms with E-state index in [0.29, 0.717) is 12.1 Å². The first-order valence-electron chi connectivity index (χ1n) is 13.3. The summed E-state index contributed by atoms with van der Waals surface area (Å²) in [6, 6.07) is 23.8. The largest absolute Gasteiger partial charge is 0.493 e. The zero-order chi connectivity index (χ0) is 25.6. The fourth-order valence-electron chi connectivity index (χ4n) is 5.48. The molecule has 0 unspecified atom stereocenters. The highest BCUT2D eigenvalue weighted by atomic mass is 16.5. The van der Waals surface area contributed by atoms with Gasteiger partial charge in [0.05, 0.1) is 25.9 Å². The molecule has 1 saturated carbocycles. The summed E-state index contributed by atoms with van der Waals surface area (Å²) in [4.78, 5) is 17.9. The number of aliphatic hydroxyl groups is 1. The molecule has 6 nitrogen and oxygen atoms in total. The molecule has 1 heterocycles. The number of aliphatic hydroxyl groups excluding tert-OH is 1. The fraction of sp³-hybridized carbons (Fsp3) is 0.387. The molecule has 1 atom stereocenters. The van der Waals surface area contributed by atoms with Crippen LogP contribution in [0.2, 0.25) is 0 Å². The molecule has 1 aliphatic carbocycles. The Balaban J connectivity index is 1.38. The lowest BCUT2D eigenvalue weighted by atomic mass is 10.00. The summed E-state index contributed by atoms with van der Waals surface area (Å²) in [5.41, 5.74) is 3.76. The second kappa shape index (κ2) is 11.7. The van der Waals surface area contributed by atoms with Crippen molar-refractivity contribution < 1.29 is 19.4 Å². The summed E-state index contributed by atoms with van der Waals surface area (Å²) in [6.07, 6.45) is 5.64. The average Bonchev–Trinajstić information content (AvgIpc) is 3.46. The van der Waals surface area contributed by atoms with Gasteiger partial charge in [-0.1, -0.05) is 42.5 Å². The van der Waals surface area contributed by atoms with Crippen molar-refractivity contribution in [2.24, 2.45) is 0 Å². The zero-order valence-corrected chi connectivity index (χ0v) is 21.5. The number of ether oxygens (including phenoxy) is 2. The van der Waals surface area contributed by atoms with Gasteiger partial charge in [0.2, 0.25) is 0 Å². The Bertz CT molecular complexity index is 1180. The SMILES string of the molecule is COc1ccc(N2CCN(C(=O)c3ccc(CO)cc3)[C@@H](Cc3ccccc3)C2)cc1OC1CCCC1. The van der Waals surface area contributed by atoms with E-state index in [0.717, 1.165) is 55.1 Å². The molecule has 2 fully saturated rings. The van der Waals surface area contributed by atoms with Gasteiger partial charge in [-0.2, -0.15) is 0 Å². The van der Waals surface area contributed by atoms with Crippen LogP contribution >= 0.6 is 0 Å². The molecule has 1 aliphatic heterocycles. The van der Waals surface area contributed by atoms with Crippen molar-refractivity contribution in [1.29, 1.82) is 0 Å². The van der Waals surface area contributed by atoms with E-state index < -0.39 is 0 Å². The summed E-state index contributed by atoms with van der Waals surface area (Å²) >= 11 is 0. The topological polar surface area (TPSA) is 62.2 Å². The monoisotopic (exact) mass is 500 g/mol. The Morgan fingerprint density at radius 3 is 2.38 bits per heavy atom. The van der Waals surface area contributed by atoms with Crippen molar-refractivity contribution in [3.05, 3.63) is 89.5 Å². The molecule has 0 radical (unpaired) electrons. The zero-order valence-electron chi connectivity index (χ0n) is 21.5. The van der Waals surface area contributed by atoms with Crippen molar-refractivity contribution >= 4 is 11.6 Å². The minimum atomic E-state index is -0.0297. The smallest absolute Gasteiger partial charge is 0.254 e. The van der Waals surface area contributed by atoms with Crippen LogP contribution in [0.25, 0.3) is 0 Å². The number of methoxy groups -OCH3 is 1. The molecule has 5 rings (SSSR count). The molecule has 0 bridgehead atoms. The van der Waals surface area contributed by atoms with E-state index in [1.165, 1.54) is 18.4 Å². The van der Waals surface area contributed by atoms with Crippen LogP contribution in [-0.4, -0.2) is 54.8 Å². The van der Waals surface area contributed by atoms with E-state index in [4.69, 9.17) is 9.47 Å². The lowest BCUT2D eigenvalue weighted by molar-refractivity contribution is 0.0656. The molecule has 1 saturated heterocycles. The Morgan fingerprint density at radius 2 is 1.68 bits per heavy atom. The highest BCUT2D eigenvalue weighted by molar-refractivity contribution is 5.94. The summed E-state index contributed by atoms with van der Waals surface area (Å²) in [7, 11) is 1.68. The van der Waals surface area contributed by atoms with Crippen LogP contribution in [0.4, 0.5) is 5.69 Å². The van der Waals surface area contributed by atoms with Crippen LogP contribution < -0.4 is 14.4 Å². The van der Waals surface area contributed by atoms with Crippen LogP contribution in [0, 0.1) is 0 Å². The summed E-state index contributed by atoms with van der Waals surface area (Å²) < 4.78 is 12.0. The predicted molar refractivity (Wildman–Crippen MR) is 145 cm³/mol. The lowest BCUT2D eigenvalue weighted by Gasteiger charge is -2.43. The number of carbonyl (C=O) groups is 1. The quantitative estimate of drug-likeness (QED) is 0.467.